The lowest BCUT2D eigenvalue weighted by Crippen LogP contribution is -1.93. The highest BCUT2D eigenvalue weighted by molar-refractivity contribution is 7.20. The number of nitriles is 2. The van der Waals surface area contributed by atoms with Crippen LogP contribution < -0.4 is 0 Å². The Morgan fingerprint density at radius 2 is 1.71 bits per heavy atom. The Kier molecular flexibility index (Phi) is 2.81. The number of hydrogen-bond acceptors (Lipinski definition) is 4. The Labute approximate surface area is 111 Å². The van der Waals surface area contributed by atoms with E-state index < -0.39 is 0 Å². The molecule has 0 fully saturated rings. The summed E-state index contributed by atoms with van der Waals surface area (Å²) in [5, 5.41) is 17.7. The van der Waals surface area contributed by atoms with Crippen molar-refractivity contribution in [2.75, 3.05) is 0 Å². The highest BCUT2D eigenvalue weighted by Gasteiger charge is 2.37. The van der Waals surface area contributed by atoms with Crippen LogP contribution in [-0.2, 0) is 0 Å². The fourth-order valence-electron chi connectivity index (χ4n) is 1.63. The number of allylic oxidation sites excluding steroid dienone is 3. The van der Waals surface area contributed by atoms with E-state index >= 15 is 0 Å². The van der Waals surface area contributed by atoms with E-state index in [1.165, 1.54) is 0 Å². The van der Waals surface area contributed by atoms with E-state index in [4.69, 9.17) is 33.7 Å². The number of carbonyl (C=O) groups is 1. The molecule has 17 heavy (non-hydrogen) atoms. The van der Waals surface area contributed by atoms with Crippen molar-refractivity contribution in [3.8, 4) is 12.1 Å². The highest BCUT2D eigenvalue weighted by Crippen LogP contribution is 2.49. The number of nitrogens with zero attached hydrogens (tertiary/aromatic N) is 2. The monoisotopic (exact) mass is 280 g/mol. The predicted octanol–water partition coefficient (Wildman–Crippen LogP) is 3.61. The summed E-state index contributed by atoms with van der Waals surface area (Å²) < 4.78 is 0.538. The number of carbonyl (C=O) groups excluding carboxylic acids is 1. The molecule has 1 aromatic rings. The topological polar surface area (TPSA) is 64.7 Å². The Hall–Kier alpha value is -1.59. The molecule has 0 aliphatic heterocycles. The molecule has 0 spiro atoms. The van der Waals surface area contributed by atoms with E-state index in [0.717, 1.165) is 11.3 Å². The lowest BCUT2D eigenvalue weighted by atomic mass is 10.0. The minimum atomic E-state index is -0.383. The summed E-state index contributed by atoms with van der Waals surface area (Å²) >= 11 is 12.9. The van der Waals surface area contributed by atoms with Crippen LogP contribution >= 0.6 is 34.5 Å². The zero-order valence-corrected chi connectivity index (χ0v) is 10.5. The molecule has 0 saturated carbocycles. The lowest BCUT2D eigenvalue weighted by molar-refractivity contribution is 0.104. The van der Waals surface area contributed by atoms with Gasteiger partial charge in [-0.05, 0) is 0 Å². The molecule has 6 heteroatoms. The quantitative estimate of drug-likeness (QED) is 0.539. The summed E-state index contributed by atoms with van der Waals surface area (Å²) in [6.45, 7) is 3.58. The Bertz CT molecular complexity index is 670. The molecule has 0 saturated heterocycles. The molecular formula is C11H2Cl2N2OS. The van der Waals surface area contributed by atoms with E-state index in [-0.39, 0.29) is 36.7 Å². The zero-order valence-electron chi connectivity index (χ0n) is 8.17. The summed E-state index contributed by atoms with van der Waals surface area (Å²) in [6.07, 6.45) is 0. The lowest BCUT2D eigenvalue weighted by Gasteiger charge is -1.98. The van der Waals surface area contributed by atoms with E-state index in [2.05, 4.69) is 6.58 Å². The standard InChI is InChI=1S/C11H2Cl2N2OS/c1-4-6(5(2-14)3-15)7-8(9(4)16)11(13)17-10(7)12/h1H2. The van der Waals surface area contributed by atoms with Crippen molar-refractivity contribution in [2.45, 2.75) is 0 Å². The number of hydrogen-bond donors (Lipinski definition) is 0. The van der Waals surface area contributed by atoms with Crippen molar-refractivity contribution in [1.82, 2.24) is 0 Å². The van der Waals surface area contributed by atoms with Gasteiger partial charge in [0.15, 0.2) is 5.78 Å². The maximum atomic E-state index is 11.9. The van der Waals surface area contributed by atoms with Crippen molar-refractivity contribution in [1.29, 1.82) is 10.5 Å². The molecule has 1 aliphatic carbocycles. The first-order valence-electron chi connectivity index (χ1n) is 4.29. The van der Waals surface area contributed by atoms with Crippen LogP contribution in [-0.4, -0.2) is 5.78 Å². The fraction of sp³-hybridized carbons (Fsp3) is 0. The average molecular weight is 281 g/mol. The second-order valence-electron chi connectivity index (χ2n) is 3.18. The van der Waals surface area contributed by atoms with E-state index in [1.807, 2.05) is 0 Å². The minimum Gasteiger partial charge on any atom is -0.288 e. The SMILES string of the molecule is C=C1C(=O)c2c(Cl)sc(Cl)c2C1=C(C#N)C#N. The zero-order chi connectivity index (χ0) is 12.7. The molecule has 0 atom stereocenters. The van der Waals surface area contributed by atoms with Gasteiger partial charge in [-0.1, -0.05) is 29.8 Å². The van der Waals surface area contributed by atoms with Gasteiger partial charge in [-0.2, -0.15) is 10.5 Å². The molecule has 82 valence electrons. The largest absolute Gasteiger partial charge is 0.288 e. The van der Waals surface area contributed by atoms with Gasteiger partial charge >= 0.3 is 0 Å². The summed E-state index contributed by atoms with van der Waals surface area (Å²) in [7, 11) is 0. The van der Waals surface area contributed by atoms with Crippen molar-refractivity contribution < 1.29 is 4.79 Å². The molecule has 1 heterocycles. The van der Waals surface area contributed by atoms with Crippen LogP contribution in [0.25, 0.3) is 5.57 Å². The highest BCUT2D eigenvalue weighted by atomic mass is 35.5. The first-order valence-corrected chi connectivity index (χ1v) is 5.86. The summed E-state index contributed by atoms with van der Waals surface area (Å²) in [6, 6.07) is 3.46. The van der Waals surface area contributed by atoms with Gasteiger partial charge in [-0.3, -0.25) is 4.79 Å². The Morgan fingerprint density at radius 1 is 1.18 bits per heavy atom. The van der Waals surface area contributed by atoms with Gasteiger partial charge in [-0.15, -0.1) is 11.3 Å². The number of thiophene rings is 1. The number of halogens is 2. The van der Waals surface area contributed by atoms with Crippen LogP contribution in [0, 0.1) is 22.7 Å². The van der Waals surface area contributed by atoms with E-state index in [1.54, 1.807) is 12.1 Å². The molecule has 1 aliphatic rings. The molecule has 3 nitrogen and oxygen atoms in total. The van der Waals surface area contributed by atoms with E-state index in [0.29, 0.717) is 5.56 Å². The maximum absolute atomic E-state index is 11.9. The van der Waals surface area contributed by atoms with Gasteiger partial charge in [0.25, 0.3) is 0 Å². The molecule has 2 rings (SSSR count). The smallest absolute Gasteiger partial charge is 0.196 e. The predicted molar refractivity (Wildman–Crippen MR) is 66.0 cm³/mol. The van der Waals surface area contributed by atoms with Gasteiger partial charge < -0.3 is 0 Å². The van der Waals surface area contributed by atoms with Crippen LogP contribution in [0.2, 0.25) is 8.67 Å². The molecule has 0 unspecified atom stereocenters. The normalized spacial score (nSPS) is 13.3. The molecule has 0 bridgehead atoms. The first kappa shape index (κ1) is 11.9. The van der Waals surface area contributed by atoms with Gasteiger partial charge in [0.05, 0.1) is 5.56 Å². The van der Waals surface area contributed by atoms with Gasteiger partial charge in [0.1, 0.15) is 26.4 Å². The molecule has 0 N–H and O–H groups in total. The van der Waals surface area contributed by atoms with E-state index in [9.17, 15) is 4.79 Å². The summed E-state index contributed by atoms with van der Waals surface area (Å²) in [5.74, 6) is -0.383. The number of ketones is 1. The Morgan fingerprint density at radius 3 is 2.24 bits per heavy atom. The Balaban J connectivity index is 2.92. The molecule has 0 radical (unpaired) electrons. The van der Waals surface area contributed by atoms with Crippen molar-refractivity contribution >= 4 is 45.9 Å². The average Bonchev–Trinajstić information content (AvgIpc) is 2.72. The van der Waals surface area contributed by atoms with Crippen LogP contribution in [0.5, 0.6) is 0 Å². The molecule has 1 aromatic heterocycles. The third kappa shape index (κ3) is 1.50. The molecular weight excluding hydrogens is 279 g/mol. The third-order valence-corrected chi connectivity index (χ3v) is 3.96. The minimum absolute atomic E-state index is 0.0877. The molecule has 0 aromatic carbocycles. The van der Waals surface area contributed by atoms with Crippen LogP contribution in [0.15, 0.2) is 17.7 Å². The fourth-order valence-corrected chi connectivity index (χ4v) is 3.34. The van der Waals surface area contributed by atoms with Crippen molar-refractivity contribution in [3.63, 3.8) is 0 Å². The number of fused-ring (bicyclic) bond motifs is 1. The summed E-state index contributed by atoms with van der Waals surface area (Å²) in [5.41, 5.74) is 0.700. The number of rotatable bonds is 0. The number of Topliss-reactive ketones (excluding diaryl/α,β-unsaturated/α-hetero) is 1. The maximum Gasteiger partial charge on any atom is 0.196 e. The summed E-state index contributed by atoms with van der Waals surface area (Å²) in [4.78, 5) is 11.9. The van der Waals surface area contributed by atoms with Gasteiger partial charge in [0, 0.05) is 16.7 Å². The molecule has 0 amide bonds. The van der Waals surface area contributed by atoms with Gasteiger partial charge in [0.2, 0.25) is 0 Å². The van der Waals surface area contributed by atoms with Crippen LogP contribution in [0.1, 0.15) is 15.9 Å². The van der Waals surface area contributed by atoms with Crippen molar-refractivity contribution in [2.24, 2.45) is 0 Å². The van der Waals surface area contributed by atoms with Crippen LogP contribution in [0.3, 0.4) is 0 Å². The van der Waals surface area contributed by atoms with Crippen LogP contribution in [0.4, 0.5) is 0 Å². The van der Waals surface area contributed by atoms with Gasteiger partial charge in [-0.25, -0.2) is 0 Å². The third-order valence-electron chi connectivity index (χ3n) is 2.35. The first-order chi connectivity index (χ1) is 8.02. The second kappa shape index (κ2) is 4.01. The second-order valence-corrected chi connectivity index (χ2v) is 5.41. The van der Waals surface area contributed by atoms with Crippen molar-refractivity contribution in [3.05, 3.63) is 37.5 Å².